The van der Waals surface area contributed by atoms with E-state index in [0.29, 0.717) is 6.04 Å². The monoisotopic (exact) mass is 379 g/mol. The van der Waals surface area contributed by atoms with Crippen molar-refractivity contribution in [2.45, 2.75) is 52.2 Å². The number of hydrogen-bond acceptors (Lipinski definition) is 4. The second-order valence-electron chi connectivity index (χ2n) is 7.45. The van der Waals surface area contributed by atoms with E-state index >= 15 is 0 Å². The van der Waals surface area contributed by atoms with E-state index < -0.39 is 0 Å². The number of aromatic nitrogens is 3. The Hall–Kier alpha value is -2.24. The molecule has 150 valence electrons. The summed E-state index contributed by atoms with van der Waals surface area (Å²) >= 11 is 0. The van der Waals surface area contributed by atoms with Crippen molar-refractivity contribution in [1.82, 2.24) is 24.3 Å². The van der Waals surface area contributed by atoms with Gasteiger partial charge in [-0.15, -0.1) is 0 Å². The molecular weight excluding hydrogens is 346 g/mol. The smallest absolute Gasteiger partial charge is 0.136 e. The molecule has 0 saturated carbocycles. The summed E-state index contributed by atoms with van der Waals surface area (Å²) in [7, 11) is 2.19. The van der Waals surface area contributed by atoms with Gasteiger partial charge >= 0.3 is 0 Å². The molecule has 0 N–H and O–H groups in total. The Morgan fingerprint density at radius 1 is 1.25 bits per heavy atom. The molecule has 0 fully saturated rings. The average Bonchev–Trinajstić information content (AvgIpc) is 3.07. The first-order chi connectivity index (χ1) is 13.6. The van der Waals surface area contributed by atoms with Gasteiger partial charge in [0.1, 0.15) is 5.82 Å². The molecule has 28 heavy (non-hydrogen) atoms. The van der Waals surface area contributed by atoms with Gasteiger partial charge in [-0.1, -0.05) is 33.1 Å². The summed E-state index contributed by atoms with van der Waals surface area (Å²) in [6, 6.07) is 4.61. The first kappa shape index (κ1) is 20.5. The number of imidazole rings is 1. The first-order valence-electron chi connectivity index (χ1n) is 10.3. The SMILES string of the molecule is C=Cc1nc(CN(C)[C@H]2CCCc3cccnc32)c(CN(CC)CC)n1C=C. The van der Waals surface area contributed by atoms with Crippen molar-refractivity contribution in [3.05, 3.63) is 60.0 Å². The molecule has 3 rings (SSSR count). The van der Waals surface area contributed by atoms with Gasteiger partial charge in [0, 0.05) is 25.5 Å². The Kier molecular flexibility index (Phi) is 6.81. The van der Waals surface area contributed by atoms with Crippen molar-refractivity contribution >= 4 is 12.3 Å². The van der Waals surface area contributed by atoms with Gasteiger partial charge in [-0.3, -0.25) is 14.8 Å². The molecular formula is C23H33N5. The summed E-state index contributed by atoms with van der Waals surface area (Å²) < 4.78 is 2.08. The Morgan fingerprint density at radius 2 is 2.04 bits per heavy atom. The predicted octanol–water partition coefficient (Wildman–Crippen LogP) is 4.37. The summed E-state index contributed by atoms with van der Waals surface area (Å²) in [5.74, 6) is 0.864. The lowest BCUT2D eigenvalue weighted by atomic mass is 9.91. The summed E-state index contributed by atoms with van der Waals surface area (Å²) in [4.78, 5) is 14.4. The lowest BCUT2D eigenvalue weighted by molar-refractivity contribution is 0.204. The van der Waals surface area contributed by atoms with Gasteiger partial charge in [-0.2, -0.15) is 0 Å². The molecule has 0 saturated heterocycles. The van der Waals surface area contributed by atoms with Crippen molar-refractivity contribution in [2.24, 2.45) is 0 Å². The minimum atomic E-state index is 0.340. The normalized spacial score (nSPS) is 16.4. The minimum Gasteiger partial charge on any atom is -0.303 e. The number of fused-ring (bicyclic) bond motifs is 1. The molecule has 1 aliphatic rings. The summed E-state index contributed by atoms with van der Waals surface area (Å²) in [6.45, 7) is 16.0. The predicted molar refractivity (Wildman–Crippen MR) is 117 cm³/mol. The van der Waals surface area contributed by atoms with Crippen LogP contribution in [0, 0.1) is 0 Å². The van der Waals surface area contributed by atoms with Crippen molar-refractivity contribution in [2.75, 3.05) is 20.1 Å². The maximum absolute atomic E-state index is 4.90. The fraction of sp³-hybridized carbons (Fsp3) is 0.478. The van der Waals surface area contributed by atoms with Crippen molar-refractivity contribution in [3.8, 4) is 0 Å². The topological polar surface area (TPSA) is 37.2 Å². The molecule has 5 nitrogen and oxygen atoms in total. The molecule has 1 atom stereocenters. The lowest BCUT2D eigenvalue weighted by Crippen LogP contribution is -2.29. The van der Waals surface area contributed by atoms with Gasteiger partial charge in [-0.25, -0.2) is 4.98 Å². The average molecular weight is 380 g/mol. The van der Waals surface area contributed by atoms with Crippen molar-refractivity contribution in [1.29, 1.82) is 0 Å². The highest BCUT2D eigenvalue weighted by atomic mass is 15.2. The Labute approximate surface area is 169 Å². The van der Waals surface area contributed by atoms with E-state index in [1.807, 2.05) is 24.5 Å². The fourth-order valence-electron chi connectivity index (χ4n) is 4.20. The van der Waals surface area contributed by atoms with E-state index in [0.717, 1.165) is 50.5 Å². The highest BCUT2D eigenvalue weighted by Gasteiger charge is 2.27. The van der Waals surface area contributed by atoms with Crippen LogP contribution in [0.5, 0.6) is 0 Å². The number of pyridine rings is 1. The van der Waals surface area contributed by atoms with Gasteiger partial charge < -0.3 is 4.57 Å². The molecule has 2 aromatic rings. The first-order valence-corrected chi connectivity index (χ1v) is 10.3. The van der Waals surface area contributed by atoms with E-state index in [1.165, 1.54) is 23.4 Å². The van der Waals surface area contributed by atoms with Gasteiger partial charge in [-0.05, 0) is 57.1 Å². The zero-order chi connectivity index (χ0) is 20.1. The fourth-order valence-corrected chi connectivity index (χ4v) is 4.20. The quantitative estimate of drug-likeness (QED) is 0.648. The molecule has 0 amide bonds. The molecule has 2 aromatic heterocycles. The second kappa shape index (κ2) is 9.30. The Balaban J connectivity index is 1.90. The number of aryl methyl sites for hydroxylation is 1. The highest BCUT2D eigenvalue weighted by molar-refractivity contribution is 5.46. The van der Waals surface area contributed by atoms with Crippen LogP contribution in [0.4, 0.5) is 0 Å². The molecule has 2 heterocycles. The van der Waals surface area contributed by atoms with Crippen LogP contribution in [-0.2, 0) is 19.5 Å². The third-order valence-corrected chi connectivity index (χ3v) is 5.85. The van der Waals surface area contributed by atoms with Crippen LogP contribution >= 0.6 is 0 Å². The summed E-state index contributed by atoms with van der Waals surface area (Å²) in [5, 5.41) is 0. The van der Waals surface area contributed by atoms with Crippen LogP contribution in [0.1, 0.15) is 61.2 Å². The molecule has 0 aliphatic heterocycles. The van der Waals surface area contributed by atoms with Crippen LogP contribution in [0.25, 0.3) is 12.3 Å². The maximum Gasteiger partial charge on any atom is 0.136 e. The van der Waals surface area contributed by atoms with Crippen molar-refractivity contribution < 1.29 is 0 Å². The third-order valence-electron chi connectivity index (χ3n) is 5.85. The van der Waals surface area contributed by atoms with Crippen LogP contribution < -0.4 is 0 Å². The molecule has 0 aromatic carbocycles. The second-order valence-corrected chi connectivity index (χ2v) is 7.45. The van der Waals surface area contributed by atoms with Crippen LogP contribution in [0.2, 0.25) is 0 Å². The van der Waals surface area contributed by atoms with Crippen LogP contribution in [-0.4, -0.2) is 44.5 Å². The summed E-state index contributed by atoms with van der Waals surface area (Å²) in [6.07, 6.45) is 9.06. The van der Waals surface area contributed by atoms with E-state index in [2.05, 4.69) is 54.5 Å². The van der Waals surface area contributed by atoms with E-state index in [1.54, 1.807) is 0 Å². The van der Waals surface area contributed by atoms with E-state index in [9.17, 15) is 0 Å². The van der Waals surface area contributed by atoms with Gasteiger partial charge in [0.2, 0.25) is 0 Å². The molecule has 0 bridgehead atoms. The summed E-state index contributed by atoms with van der Waals surface area (Å²) in [5.41, 5.74) is 4.93. The van der Waals surface area contributed by atoms with E-state index in [4.69, 9.17) is 9.97 Å². The van der Waals surface area contributed by atoms with Gasteiger partial charge in [0.05, 0.1) is 23.1 Å². The van der Waals surface area contributed by atoms with Gasteiger partial charge in [0.15, 0.2) is 0 Å². The zero-order valence-corrected chi connectivity index (χ0v) is 17.6. The van der Waals surface area contributed by atoms with E-state index in [-0.39, 0.29) is 0 Å². The maximum atomic E-state index is 4.90. The molecule has 5 heteroatoms. The molecule has 0 radical (unpaired) electrons. The lowest BCUT2D eigenvalue weighted by Gasteiger charge is -2.32. The molecule has 0 unspecified atom stereocenters. The molecule has 1 aliphatic carbocycles. The molecule has 0 spiro atoms. The third kappa shape index (κ3) is 4.10. The highest BCUT2D eigenvalue weighted by Crippen LogP contribution is 2.33. The number of hydrogen-bond donors (Lipinski definition) is 0. The Bertz CT molecular complexity index is 818. The Morgan fingerprint density at radius 3 is 2.71 bits per heavy atom. The van der Waals surface area contributed by atoms with Crippen molar-refractivity contribution in [3.63, 3.8) is 0 Å². The van der Waals surface area contributed by atoms with Crippen LogP contribution in [0.3, 0.4) is 0 Å². The van der Waals surface area contributed by atoms with Crippen LogP contribution in [0.15, 0.2) is 31.5 Å². The number of nitrogens with zero attached hydrogens (tertiary/aromatic N) is 5. The standard InChI is InChI=1S/C23H33N5/c1-6-22-25-19(21(28(22)9-4)17-27(7-2)8-3)16-26(5)20-14-10-12-18-13-11-15-24-23(18)20/h6,9,11,13,15,20H,1,4,7-8,10,12,14,16-17H2,2-3,5H3/t20-/m0/s1. The van der Waals surface area contributed by atoms with Gasteiger partial charge in [0.25, 0.3) is 0 Å². The number of rotatable bonds is 9. The largest absolute Gasteiger partial charge is 0.303 e. The zero-order valence-electron chi connectivity index (χ0n) is 17.6. The minimum absolute atomic E-state index is 0.340.